The second-order valence-electron chi connectivity index (χ2n) is 8.53. The van der Waals surface area contributed by atoms with E-state index in [-0.39, 0.29) is 17.4 Å². The third-order valence-electron chi connectivity index (χ3n) is 6.06. The van der Waals surface area contributed by atoms with Gasteiger partial charge in [0.05, 0.1) is 16.8 Å². The van der Waals surface area contributed by atoms with Gasteiger partial charge in [-0.1, -0.05) is 24.3 Å². The Morgan fingerprint density at radius 3 is 2.24 bits per heavy atom. The third-order valence-corrected chi connectivity index (χ3v) is 6.06. The van der Waals surface area contributed by atoms with E-state index in [1.54, 1.807) is 83.7 Å². The van der Waals surface area contributed by atoms with Gasteiger partial charge >= 0.3 is 0 Å². The van der Waals surface area contributed by atoms with Crippen LogP contribution in [0, 0.1) is 6.92 Å². The zero-order valence-corrected chi connectivity index (χ0v) is 20.2. The Morgan fingerprint density at radius 1 is 0.919 bits per heavy atom. The summed E-state index contributed by atoms with van der Waals surface area (Å²) in [6.45, 7) is 3.28. The lowest BCUT2D eigenvalue weighted by Gasteiger charge is -2.09. The van der Waals surface area contributed by atoms with Gasteiger partial charge in [-0.25, -0.2) is 14.6 Å². The molecule has 9 nitrogen and oxygen atoms in total. The highest BCUT2D eigenvalue weighted by atomic mass is 16.3. The number of aromatic nitrogens is 5. The first kappa shape index (κ1) is 23.8. The van der Waals surface area contributed by atoms with Crippen LogP contribution in [-0.4, -0.2) is 47.0 Å². The Morgan fingerprint density at radius 2 is 1.59 bits per heavy atom. The highest BCUT2D eigenvalue weighted by Crippen LogP contribution is 2.33. The number of para-hydroxylation sites is 2. The number of imidazole rings is 1. The van der Waals surface area contributed by atoms with Gasteiger partial charge in [-0.2, -0.15) is 0 Å². The largest absolute Gasteiger partial charge is 0.507 e. The first-order valence-corrected chi connectivity index (χ1v) is 11.9. The first-order valence-electron chi connectivity index (χ1n) is 11.9. The summed E-state index contributed by atoms with van der Waals surface area (Å²) in [5.41, 5.74) is 2.14. The van der Waals surface area contributed by atoms with Crippen molar-refractivity contribution in [2.24, 2.45) is 0 Å². The number of hydrogen-bond acceptors (Lipinski definition) is 6. The Kier molecular flexibility index (Phi) is 6.67. The summed E-state index contributed by atoms with van der Waals surface area (Å²) in [5, 5.41) is 28.4. The van der Waals surface area contributed by atoms with E-state index in [1.165, 1.54) is 0 Å². The standard InChI is InChI=1S/C28H26N6O3/c1-19-29-16-18-33(19)17-6-15-30-28(37)20-11-13-21(14-12-20)34-27(23-8-3-5-10-25(23)36)31-26(32-34)22-7-2-4-9-24(22)35/h2-5,7-14,16,18,35-36H,6,15,17H2,1H3,(H,30,37). The number of amides is 1. The lowest BCUT2D eigenvalue weighted by molar-refractivity contribution is 0.0952. The van der Waals surface area contributed by atoms with E-state index >= 15 is 0 Å². The van der Waals surface area contributed by atoms with Crippen LogP contribution in [0.25, 0.3) is 28.5 Å². The number of hydrogen-bond donors (Lipinski definition) is 3. The number of aromatic hydroxyl groups is 2. The van der Waals surface area contributed by atoms with Crippen LogP contribution in [-0.2, 0) is 6.54 Å². The molecule has 9 heteroatoms. The van der Waals surface area contributed by atoms with Crippen LogP contribution in [0.1, 0.15) is 22.6 Å². The molecule has 0 aliphatic heterocycles. The maximum Gasteiger partial charge on any atom is 0.251 e. The predicted molar refractivity (Wildman–Crippen MR) is 139 cm³/mol. The van der Waals surface area contributed by atoms with Gasteiger partial charge in [-0.3, -0.25) is 4.79 Å². The zero-order valence-electron chi connectivity index (χ0n) is 20.2. The van der Waals surface area contributed by atoms with Crippen LogP contribution in [0.4, 0.5) is 0 Å². The van der Waals surface area contributed by atoms with Crippen LogP contribution < -0.4 is 5.32 Å². The molecule has 2 heterocycles. The van der Waals surface area contributed by atoms with Crippen molar-refractivity contribution in [1.82, 2.24) is 29.6 Å². The molecular formula is C28H26N6O3. The molecule has 186 valence electrons. The summed E-state index contributed by atoms with van der Waals surface area (Å²) in [7, 11) is 0. The van der Waals surface area contributed by atoms with Crippen LogP contribution in [0.3, 0.4) is 0 Å². The highest BCUT2D eigenvalue weighted by molar-refractivity contribution is 5.94. The van der Waals surface area contributed by atoms with E-state index < -0.39 is 0 Å². The molecule has 5 rings (SSSR count). The van der Waals surface area contributed by atoms with E-state index in [0.717, 1.165) is 18.8 Å². The number of nitrogens with one attached hydrogen (secondary N) is 1. The first-order chi connectivity index (χ1) is 18.0. The van der Waals surface area contributed by atoms with E-state index in [9.17, 15) is 15.0 Å². The van der Waals surface area contributed by atoms with Crippen molar-refractivity contribution < 1.29 is 15.0 Å². The summed E-state index contributed by atoms with van der Waals surface area (Å²) in [6, 6.07) is 20.7. The minimum absolute atomic E-state index is 0.0544. The van der Waals surface area contributed by atoms with Gasteiger partial charge in [-0.05, 0) is 61.9 Å². The predicted octanol–water partition coefficient (Wildman–Crippen LogP) is 4.34. The normalized spacial score (nSPS) is 10.9. The fraction of sp³-hybridized carbons (Fsp3) is 0.143. The van der Waals surface area contributed by atoms with Crippen molar-refractivity contribution >= 4 is 5.91 Å². The van der Waals surface area contributed by atoms with E-state index in [0.29, 0.717) is 40.6 Å². The number of rotatable bonds is 8. The van der Waals surface area contributed by atoms with Crippen molar-refractivity contribution in [3.05, 3.63) is 96.6 Å². The monoisotopic (exact) mass is 494 g/mol. The van der Waals surface area contributed by atoms with E-state index in [4.69, 9.17) is 0 Å². The van der Waals surface area contributed by atoms with Crippen LogP contribution in [0.2, 0.25) is 0 Å². The number of aryl methyl sites for hydroxylation is 2. The van der Waals surface area contributed by atoms with E-state index in [2.05, 4.69) is 20.4 Å². The second-order valence-corrected chi connectivity index (χ2v) is 8.53. The van der Waals surface area contributed by atoms with Crippen LogP contribution in [0.5, 0.6) is 11.5 Å². The molecule has 0 fully saturated rings. The smallest absolute Gasteiger partial charge is 0.251 e. The van der Waals surface area contributed by atoms with Crippen LogP contribution in [0.15, 0.2) is 85.2 Å². The van der Waals surface area contributed by atoms with Gasteiger partial charge in [0, 0.05) is 31.0 Å². The molecule has 37 heavy (non-hydrogen) atoms. The molecule has 2 aromatic heterocycles. The third kappa shape index (κ3) is 5.06. The number of carbonyl (C=O) groups excluding carboxylic acids is 1. The van der Waals surface area contributed by atoms with Crippen LogP contribution >= 0.6 is 0 Å². The molecule has 0 aliphatic carbocycles. The minimum Gasteiger partial charge on any atom is -0.507 e. The van der Waals surface area contributed by atoms with Crippen molar-refractivity contribution in [1.29, 1.82) is 0 Å². The van der Waals surface area contributed by atoms with E-state index in [1.807, 2.05) is 17.7 Å². The molecule has 0 aliphatic rings. The molecule has 0 spiro atoms. The number of carbonyl (C=O) groups is 1. The molecule has 5 aromatic rings. The summed E-state index contributed by atoms with van der Waals surface area (Å²) >= 11 is 0. The van der Waals surface area contributed by atoms with Gasteiger partial charge in [0.15, 0.2) is 11.6 Å². The SMILES string of the molecule is Cc1nccn1CCCNC(=O)c1ccc(-n2nc(-c3ccccc3O)nc2-c2ccccc2O)cc1. The molecule has 3 aromatic carbocycles. The number of benzene rings is 3. The van der Waals surface area contributed by atoms with Gasteiger partial charge < -0.3 is 20.1 Å². The fourth-order valence-corrected chi connectivity index (χ4v) is 4.05. The topological polar surface area (TPSA) is 118 Å². The summed E-state index contributed by atoms with van der Waals surface area (Å²) in [4.78, 5) is 21.5. The molecular weight excluding hydrogens is 468 g/mol. The molecule has 1 amide bonds. The van der Waals surface area contributed by atoms with Crippen molar-refractivity contribution in [2.45, 2.75) is 19.9 Å². The minimum atomic E-state index is -0.164. The average molecular weight is 495 g/mol. The van der Waals surface area contributed by atoms with Gasteiger partial charge in [-0.15, -0.1) is 5.10 Å². The number of nitrogens with zero attached hydrogens (tertiary/aromatic N) is 5. The quantitative estimate of drug-likeness (QED) is 0.276. The Labute approximate surface area is 213 Å². The van der Waals surface area contributed by atoms with Gasteiger partial charge in [0.2, 0.25) is 0 Å². The maximum atomic E-state index is 12.7. The number of phenolic OH excluding ortho intramolecular Hbond substituents is 2. The molecule has 0 saturated carbocycles. The molecule has 0 radical (unpaired) electrons. The Balaban J connectivity index is 1.38. The average Bonchev–Trinajstić information content (AvgIpc) is 3.53. The summed E-state index contributed by atoms with van der Waals surface area (Å²) < 4.78 is 3.64. The van der Waals surface area contributed by atoms with Gasteiger partial charge in [0.25, 0.3) is 5.91 Å². The molecule has 0 unspecified atom stereocenters. The van der Waals surface area contributed by atoms with Gasteiger partial charge in [0.1, 0.15) is 17.3 Å². The fourth-order valence-electron chi connectivity index (χ4n) is 4.05. The zero-order chi connectivity index (χ0) is 25.8. The van der Waals surface area contributed by atoms with Crippen molar-refractivity contribution in [3.63, 3.8) is 0 Å². The Hall–Kier alpha value is -4.92. The molecule has 0 atom stereocenters. The van der Waals surface area contributed by atoms with Crippen molar-refractivity contribution in [3.8, 4) is 40.0 Å². The Bertz CT molecular complexity index is 1540. The van der Waals surface area contributed by atoms with Crippen molar-refractivity contribution in [2.75, 3.05) is 6.54 Å². The highest BCUT2D eigenvalue weighted by Gasteiger charge is 2.19. The number of phenols is 2. The summed E-state index contributed by atoms with van der Waals surface area (Å²) in [6.07, 6.45) is 4.48. The lowest BCUT2D eigenvalue weighted by atomic mass is 10.1. The lowest BCUT2D eigenvalue weighted by Crippen LogP contribution is -2.25. The molecule has 0 saturated heterocycles. The summed E-state index contributed by atoms with van der Waals surface area (Å²) in [5.74, 6) is 1.61. The maximum absolute atomic E-state index is 12.7. The second kappa shape index (κ2) is 10.4. The molecule has 0 bridgehead atoms. The molecule has 3 N–H and O–H groups in total.